The van der Waals surface area contributed by atoms with E-state index in [4.69, 9.17) is 0 Å². The Bertz CT molecular complexity index is 519. The van der Waals surface area contributed by atoms with Gasteiger partial charge in [0, 0.05) is 6.04 Å². The minimum atomic E-state index is 0.545. The molecule has 1 N–H and O–H groups in total. The van der Waals surface area contributed by atoms with Gasteiger partial charge in [-0.15, -0.1) is 5.10 Å². The van der Waals surface area contributed by atoms with E-state index in [1.807, 2.05) is 29.1 Å². The molecule has 0 saturated heterocycles. The molecule has 2 rings (SSSR count). The normalized spacial score (nSPS) is 12.8. The average molecular weight is 286 g/mol. The van der Waals surface area contributed by atoms with Crippen molar-refractivity contribution in [3.8, 4) is 5.69 Å². The number of para-hydroxylation sites is 1. The molecule has 0 aliphatic rings. The van der Waals surface area contributed by atoms with Crippen LogP contribution >= 0.6 is 0 Å². The van der Waals surface area contributed by atoms with Crippen molar-refractivity contribution in [2.24, 2.45) is 5.92 Å². The highest BCUT2D eigenvalue weighted by Gasteiger charge is 2.14. The molecule has 0 aliphatic heterocycles. The SMILES string of the molecule is CCCNC(CCc1cnnn1-c1ccccc1)C(C)C. The first kappa shape index (κ1) is 15.7. The molecule has 1 aromatic heterocycles. The third-order valence-electron chi connectivity index (χ3n) is 3.79. The molecule has 0 bridgehead atoms. The van der Waals surface area contributed by atoms with Crippen molar-refractivity contribution in [1.29, 1.82) is 0 Å². The van der Waals surface area contributed by atoms with E-state index >= 15 is 0 Å². The Kier molecular flexibility index (Phi) is 5.93. The number of nitrogens with zero attached hydrogens (tertiary/aromatic N) is 3. The first-order chi connectivity index (χ1) is 10.2. The molecule has 1 aromatic carbocycles. The minimum absolute atomic E-state index is 0.545. The summed E-state index contributed by atoms with van der Waals surface area (Å²) in [6.07, 6.45) is 5.15. The van der Waals surface area contributed by atoms with Crippen molar-refractivity contribution in [2.75, 3.05) is 6.54 Å². The van der Waals surface area contributed by atoms with E-state index in [-0.39, 0.29) is 0 Å². The first-order valence-corrected chi connectivity index (χ1v) is 7.90. The number of rotatable bonds is 8. The van der Waals surface area contributed by atoms with Gasteiger partial charge in [-0.3, -0.25) is 0 Å². The number of benzene rings is 1. The summed E-state index contributed by atoms with van der Waals surface area (Å²) in [6.45, 7) is 7.85. The molecule has 0 aliphatic carbocycles. The molecule has 0 fully saturated rings. The van der Waals surface area contributed by atoms with Crippen LogP contribution in [0.5, 0.6) is 0 Å². The summed E-state index contributed by atoms with van der Waals surface area (Å²) in [4.78, 5) is 0. The van der Waals surface area contributed by atoms with Crippen molar-refractivity contribution < 1.29 is 0 Å². The maximum atomic E-state index is 4.22. The van der Waals surface area contributed by atoms with Gasteiger partial charge in [0.1, 0.15) is 0 Å². The van der Waals surface area contributed by atoms with Gasteiger partial charge in [0.15, 0.2) is 0 Å². The largest absolute Gasteiger partial charge is 0.314 e. The highest BCUT2D eigenvalue weighted by Crippen LogP contribution is 2.14. The number of nitrogens with one attached hydrogen (secondary N) is 1. The molecule has 2 aromatic rings. The van der Waals surface area contributed by atoms with Crippen molar-refractivity contribution in [3.05, 3.63) is 42.2 Å². The minimum Gasteiger partial charge on any atom is -0.314 e. The molecule has 1 unspecified atom stereocenters. The Morgan fingerprint density at radius 1 is 1.19 bits per heavy atom. The van der Waals surface area contributed by atoms with Crippen LogP contribution in [0.1, 0.15) is 39.3 Å². The Hall–Kier alpha value is -1.68. The van der Waals surface area contributed by atoms with Gasteiger partial charge < -0.3 is 5.32 Å². The Labute approximate surface area is 127 Å². The smallest absolute Gasteiger partial charge is 0.0729 e. The van der Waals surface area contributed by atoms with Crippen LogP contribution in [0.4, 0.5) is 0 Å². The Balaban J connectivity index is 2.02. The molecule has 1 atom stereocenters. The van der Waals surface area contributed by atoms with Gasteiger partial charge in [-0.1, -0.05) is 44.2 Å². The quantitative estimate of drug-likeness (QED) is 0.810. The summed E-state index contributed by atoms with van der Waals surface area (Å²) in [7, 11) is 0. The van der Waals surface area contributed by atoms with Crippen LogP contribution in [0.2, 0.25) is 0 Å². The lowest BCUT2D eigenvalue weighted by molar-refractivity contribution is 0.376. The summed E-state index contributed by atoms with van der Waals surface area (Å²) in [5, 5.41) is 11.9. The fourth-order valence-electron chi connectivity index (χ4n) is 2.52. The average Bonchev–Trinajstić information content (AvgIpc) is 2.96. The second-order valence-corrected chi connectivity index (χ2v) is 5.82. The standard InChI is InChI=1S/C17H26N4/c1-4-12-18-17(14(2)3)11-10-16-13-19-20-21(16)15-8-6-5-7-9-15/h5-9,13-14,17-18H,4,10-12H2,1-3H3. The van der Waals surface area contributed by atoms with Crippen LogP contribution in [-0.2, 0) is 6.42 Å². The van der Waals surface area contributed by atoms with Crippen LogP contribution in [0.25, 0.3) is 5.69 Å². The number of aromatic nitrogens is 3. The van der Waals surface area contributed by atoms with E-state index in [9.17, 15) is 0 Å². The number of hydrogen-bond acceptors (Lipinski definition) is 3. The van der Waals surface area contributed by atoms with Crippen molar-refractivity contribution >= 4 is 0 Å². The van der Waals surface area contributed by atoms with E-state index in [1.165, 1.54) is 12.1 Å². The topological polar surface area (TPSA) is 42.7 Å². The molecule has 4 nitrogen and oxygen atoms in total. The second kappa shape index (κ2) is 7.93. The predicted octanol–water partition coefficient (Wildman–Crippen LogP) is 3.22. The van der Waals surface area contributed by atoms with Crippen molar-refractivity contribution in [3.63, 3.8) is 0 Å². The summed E-state index contributed by atoms with van der Waals surface area (Å²) < 4.78 is 1.94. The molecule has 1 heterocycles. The van der Waals surface area contributed by atoms with Gasteiger partial charge in [0.25, 0.3) is 0 Å². The predicted molar refractivity (Wildman–Crippen MR) is 86.6 cm³/mol. The lowest BCUT2D eigenvalue weighted by atomic mass is 9.98. The number of hydrogen-bond donors (Lipinski definition) is 1. The van der Waals surface area contributed by atoms with Crippen LogP contribution in [0.3, 0.4) is 0 Å². The van der Waals surface area contributed by atoms with E-state index in [0.717, 1.165) is 25.1 Å². The van der Waals surface area contributed by atoms with Gasteiger partial charge in [-0.05, 0) is 43.9 Å². The van der Waals surface area contributed by atoms with E-state index in [0.29, 0.717) is 12.0 Å². The summed E-state index contributed by atoms with van der Waals surface area (Å²) in [6, 6.07) is 10.7. The Morgan fingerprint density at radius 2 is 1.95 bits per heavy atom. The van der Waals surface area contributed by atoms with Gasteiger partial charge in [-0.2, -0.15) is 0 Å². The first-order valence-electron chi connectivity index (χ1n) is 7.90. The summed E-state index contributed by atoms with van der Waals surface area (Å²) in [5.41, 5.74) is 2.25. The van der Waals surface area contributed by atoms with Crippen molar-refractivity contribution in [2.45, 2.75) is 46.1 Å². The van der Waals surface area contributed by atoms with Crippen molar-refractivity contribution in [1.82, 2.24) is 20.3 Å². The van der Waals surface area contributed by atoms with Gasteiger partial charge in [-0.25, -0.2) is 4.68 Å². The molecule has 21 heavy (non-hydrogen) atoms. The lowest BCUT2D eigenvalue weighted by Crippen LogP contribution is -2.34. The van der Waals surface area contributed by atoms with Crippen LogP contribution < -0.4 is 5.32 Å². The van der Waals surface area contributed by atoms with E-state index < -0.39 is 0 Å². The van der Waals surface area contributed by atoms with Crippen LogP contribution in [0, 0.1) is 5.92 Å². The third kappa shape index (κ3) is 4.39. The van der Waals surface area contributed by atoms with Gasteiger partial charge in [0.05, 0.1) is 17.6 Å². The lowest BCUT2D eigenvalue weighted by Gasteiger charge is -2.22. The maximum Gasteiger partial charge on any atom is 0.0729 e. The molecule has 114 valence electrons. The maximum absolute atomic E-state index is 4.22. The molecule has 0 spiro atoms. The molecule has 0 radical (unpaired) electrons. The molecular weight excluding hydrogens is 260 g/mol. The molecule has 4 heteroatoms. The second-order valence-electron chi connectivity index (χ2n) is 5.82. The van der Waals surface area contributed by atoms with Crippen LogP contribution in [-0.4, -0.2) is 27.6 Å². The van der Waals surface area contributed by atoms with Crippen LogP contribution in [0.15, 0.2) is 36.5 Å². The summed E-state index contributed by atoms with van der Waals surface area (Å²) in [5.74, 6) is 0.637. The monoisotopic (exact) mass is 286 g/mol. The third-order valence-corrected chi connectivity index (χ3v) is 3.79. The fraction of sp³-hybridized carbons (Fsp3) is 0.529. The molecule has 0 saturated carbocycles. The van der Waals surface area contributed by atoms with Gasteiger partial charge in [0.2, 0.25) is 0 Å². The highest BCUT2D eigenvalue weighted by molar-refractivity contribution is 5.31. The fourth-order valence-corrected chi connectivity index (χ4v) is 2.52. The Morgan fingerprint density at radius 3 is 2.62 bits per heavy atom. The summed E-state index contributed by atoms with van der Waals surface area (Å²) >= 11 is 0. The van der Waals surface area contributed by atoms with E-state index in [1.54, 1.807) is 0 Å². The zero-order valence-electron chi connectivity index (χ0n) is 13.3. The molecular formula is C17H26N4. The van der Waals surface area contributed by atoms with Gasteiger partial charge >= 0.3 is 0 Å². The molecule has 0 amide bonds. The zero-order chi connectivity index (χ0) is 15.1. The number of aryl methyl sites for hydroxylation is 1. The highest BCUT2D eigenvalue weighted by atomic mass is 15.4. The van der Waals surface area contributed by atoms with E-state index in [2.05, 4.69) is 48.5 Å². The zero-order valence-corrected chi connectivity index (χ0v) is 13.3.